The first-order valence-corrected chi connectivity index (χ1v) is 6.88. The Morgan fingerprint density at radius 3 is 2.57 bits per heavy atom. The highest BCUT2D eigenvalue weighted by Crippen LogP contribution is 2.38. The van der Waals surface area contributed by atoms with E-state index in [4.69, 9.17) is 10.5 Å². The monoisotopic (exact) mass is 310 g/mol. The molecular weight excluding hydrogens is 296 g/mol. The third kappa shape index (κ3) is 2.59. The van der Waals surface area contributed by atoms with E-state index in [2.05, 4.69) is 10.3 Å². The molecule has 0 fully saturated rings. The maximum Gasteiger partial charge on any atom is 0.353 e. The van der Waals surface area contributed by atoms with Crippen LogP contribution in [-0.2, 0) is 0 Å². The van der Waals surface area contributed by atoms with E-state index >= 15 is 0 Å². The molecule has 116 valence electrons. The van der Waals surface area contributed by atoms with Gasteiger partial charge in [-0.3, -0.25) is 10.1 Å². The van der Waals surface area contributed by atoms with Crippen LogP contribution in [0.4, 0.5) is 17.2 Å². The molecule has 2 aromatic carbocycles. The van der Waals surface area contributed by atoms with Gasteiger partial charge in [-0.1, -0.05) is 24.3 Å². The maximum atomic E-state index is 11.2. The summed E-state index contributed by atoms with van der Waals surface area (Å²) in [5, 5.41) is 16.1. The predicted molar refractivity (Wildman–Crippen MR) is 88.9 cm³/mol. The largest absolute Gasteiger partial charge is 0.449 e. The third-order valence-corrected chi connectivity index (χ3v) is 3.47. The van der Waals surface area contributed by atoms with E-state index in [9.17, 15) is 10.1 Å². The van der Waals surface area contributed by atoms with Crippen molar-refractivity contribution >= 4 is 28.0 Å². The lowest BCUT2D eigenvalue weighted by atomic mass is 10.1. The van der Waals surface area contributed by atoms with Gasteiger partial charge in [0, 0.05) is 35.8 Å². The maximum absolute atomic E-state index is 11.2. The van der Waals surface area contributed by atoms with Gasteiger partial charge in [0.15, 0.2) is 0 Å². The molecule has 0 saturated heterocycles. The van der Waals surface area contributed by atoms with Gasteiger partial charge < -0.3 is 15.8 Å². The summed E-state index contributed by atoms with van der Waals surface area (Å²) in [6, 6.07) is 12.7. The number of aromatic nitrogens is 1. The van der Waals surface area contributed by atoms with Gasteiger partial charge in [-0.25, -0.2) is 4.98 Å². The van der Waals surface area contributed by atoms with Gasteiger partial charge in [0.1, 0.15) is 5.75 Å². The van der Waals surface area contributed by atoms with Crippen LogP contribution in [-0.4, -0.2) is 17.0 Å². The van der Waals surface area contributed by atoms with Crippen molar-refractivity contribution in [3.8, 4) is 11.5 Å². The molecular formula is C16H14N4O3. The summed E-state index contributed by atoms with van der Waals surface area (Å²) in [4.78, 5) is 14.3. The summed E-state index contributed by atoms with van der Waals surface area (Å²) in [6.07, 6.45) is 1.38. The number of nitrogen functional groups attached to an aromatic ring is 1. The van der Waals surface area contributed by atoms with Crippen molar-refractivity contribution in [1.29, 1.82) is 0 Å². The van der Waals surface area contributed by atoms with E-state index in [1.165, 1.54) is 12.3 Å². The normalized spacial score (nSPS) is 10.5. The van der Waals surface area contributed by atoms with Crippen molar-refractivity contribution < 1.29 is 9.66 Å². The molecule has 0 aliphatic heterocycles. The van der Waals surface area contributed by atoms with Crippen molar-refractivity contribution in [2.75, 3.05) is 18.1 Å². The number of rotatable bonds is 4. The summed E-state index contributed by atoms with van der Waals surface area (Å²) in [5.41, 5.74) is 6.19. The minimum Gasteiger partial charge on any atom is -0.449 e. The molecule has 0 aliphatic carbocycles. The molecule has 3 N–H and O–H groups in total. The van der Waals surface area contributed by atoms with Crippen LogP contribution >= 0.6 is 0 Å². The molecule has 7 heteroatoms. The van der Waals surface area contributed by atoms with Crippen LogP contribution in [0.3, 0.4) is 0 Å². The quantitative estimate of drug-likeness (QED) is 0.564. The van der Waals surface area contributed by atoms with Gasteiger partial charge in [0.2, 0.25) is 11.6 Å². The number of nitrogens with one attached hydrogen (secondary N) is 1. The molecule has 1 aromatic heterocycles. The Bertz CT molecular complexity index is 896. The van der Waals surface area contributed by atoms with E-state index < -0.39 is 4.92 Å². The second-order valence-electron chi connectivity index (χ2n) is 4.81. The zero-order valence-electron chi connectivity index (χ0n) is 12.3. The van der Waals surface area contributed by atoms with E-state index in [0.717, 1.165) is 16.5 Å². The fourth-order valence-corrected chi connectivity index (χ4v) is 2.41. The molecule has 0 unspecified atom stereocenters. The highest BCUT2D eigenvalue weighted by atomic mass is 16.6. The second kappa shape index (κ2) is 5.80. The zero-order valence-corrected chi connectivity index (χ0v) is 12.3. The van der Waals surface area contributed by atoms with Crippen LogP contribution in [0, 0.1) is 10.1 Å². The molecule has 1 heterocycles. The Morgan fingerprint density at radius 2 is 1.87 bits per heavy atom. The molecule has 3 aromatic rings. The minimum atomic E-state index is -0.595. The average molecular weight is 310 g/mol. The van der Waals surface area contributed by atoms with Gasteiger partial charge in [0.25, 0.3) is 0 Å². The first-order chi connectivity index (χ1) is 11.1. The average Bonchev–Trinajstić information content (AvgIpc) is 2.55. The first kappa shape index (κ1) is 14.6. The number of nitro groups is 1. The van der Waals surface area contributed by atoms with Crippen molar-refractivity contribution in [1.82, 2.24) is 4.98 Å². The SMILES string of the molecule is CNc1ccc(Oc2ccnc(N)c2[N+](=O)[O-])c2ccccc12. The predicted octanol–water partition coefficient (Wildman–Crippen LogP) is 3.56. The van der Waals surface area contributed by atoms with Gasteiger partial charge in [-0.15, -0.1) is 0 Å². The summed E-state index contributed by atoms with van der Waals surface area (Å²) in [6.45, 7) is 0. The third-order valence-electron chi connectivity index (χ3n) is 3.47. The minimum absolute atomic E-state index is 0.0601. The van der Waals surface area contributed by atoms with Crippen molar-refractivity contribution in [3.05, 3.63) is 58.8 Å². The Balaban J connectivity index is 2.14. The van der Waals surface area contributed by atoms with E-state index in [0.29, 0.717) is 5.75 Å². The number of pyridine rings is 1. The molecule has 0 bridgehead atoms. The van der Waals surface area contributed by atoms with Crippen molar-refractivity contribution in [3.63, 3.8) is 0 Å². The summed E-state index contributed by atoms with van der Waals surface area (Å²) >= 11 is 0. The number of anilines is 2. The molecule has 23 heavy (non-hydrogen) atoms. The molecule has 0 aliphatic rings. The lowest BCUT2D eigenvalue weighted by Gasteiger charge is -2.12. The highest BCUT2D eigenvalue weighted by molar-refractivity contribution is 5.98. The number of nitrogens with two attached hydrogens (primary N) is 1. The van der Waals surface area contributed by atoms with E-state index in [-0.39, 0.29) is 17.3 Å². The Labute approximate surface area is 131 Å². The molecule has 0 radical (unpaired) electrons. The number of nitrogens with zero attached hydrogens (tertiary/aromatic N) is 2. The van der Waals surface area contributed by atoms with E-state index in [1.807, 2.05) is 37.4 Å². The molecule has 7 nitrogen and oxygen atoms in total. The van der Waals surface area contributed by atoms with Crippen molar-refractivity contribution in [2.45, 2.75) is 0 Å². The number of fused-ring (bicyclic) bond motifs is 1. The molecule has 0 spiro atoms. The van der Waals surface area contributed by atoms with Gasteiger partial charge >= 0.3 is 5.69 Å². The summed E-state index contributed by atoms with van der Waals surface area (Å²) in [7, 11) is 1.83. The fourth-order valence-electron chi connectivity index (χ4n) is 2.41. The molecule has 0 saturated carbocycles. The van der Waals surface area contributed by atoms with Crippen molar-refractivity contribution in [2.24, 2.45) is 0 Å². The zero-order chi connectivity index (χ0) is 16.4. The highest BCUT2D eigenvalue weighted by Gasteiger charge is 2.21. The van der Waals surface area contributed by atoms with Gasteiger partial charge in [0.05, 0.1) is 4.92 Å². The van der Waals surface area contributed by atoms with Crippen LogP contribution in [0.25, 0.3) is 10.8 Å². The smallest absolute Gasteiger partial charge is 0.353 e. The number of benzene rings is 2. The molecule has 0 amide bonds. The fraction of sp³-hybridized carbons (Fsp3) is 0.0625. The number of ether oxygens (including phenoxy) is 1. The summed E-state index contributed by atoms with van der Waals surface area (Å²) in [5.74, 6) is 0.391. The topological polar surface area (TPSA) is 103 Å². The second-order valence-corrected chi connectivity index (χ2v) is 4.81. The number of hydrogen-bond donors (Lipinski definition) is 2. The Morgan fingerprint density at radius 1 is 1.13 bits per heavy atom. The lowest BCUT2D eigenvalue weighted by molar-refractivity contribution is -0.384. The lowest BCUT2D eigenvalue weighted by Crippen LogP contribution is -2.01. The molecule has 3 rings (SSSR count). The van der Waals surface area contributed by atoms with Crippen LogP contribution in [0.2, 0.25) is 0 Å². The van der Waals surface area contributed by atoms with Crippen LogP contribution in [0.1, 0.15) is 0 Å². The first-order valence-electron chi connectivity index (χ1n) is 6.88. The van der Waals surface area contributed by atoms with E-state index in [1.54, 1.807) is 6.07 Å². The standard InChI is InChI=1S/C16H14N4O3/c1-18-12-6-7-13(11-5-3-2-4-10(11)12)23-14-8-9-19-16(17)15(14)20(21)22/h2-9,18H,1H3,(H2,17,19). The summed E-state index contributed by atoms with van der Waals surface area (Å²) < 4.78 is 5.77. The van der Waals surface area contributed by atoms with Crippen LogP contribution in [0.15, 0.2) is 48.7 Å². The van der Waals surface area contributed by atoms with Crippen LogP contribution < -0.4 is 15.8 Å². The van der Waals surface area contributed by atoms with Gasteiger partial charge in [-0.2, -0.15) is 0 Å². The molecule has 0 atom stereocenters. The Kier molecular flexibility index (Phi) is 3.68. The number of hydrogen-bond acceptors (Lipinski definition) is 6. The van der Waals surface area contributed by atoms with Crippen LogP contribution in [0.5, 0.6) is 11.5 Å². The van der Waals surface area contributed by atoms with Gasteiger partial charge in [-0.05, 0) is 12.1 Å². The Hall–Kier alpha value is -3.35.